The molecule has 2 aromatic carbocycles. The summed E-state index contributed by atoms with van der Waals surface area (Å²) >= 11 is 0. The smallest absolute Gasteiger partial charge is 0.287 e. The lowest BCUT2D eigenvalue weighted by atomic mass is 9.86. The minimum absolute atomic E-state index is 0.156. The van der Waals surface area contributed by atoms with Gasteiger partial charge in [-0.25, -0.2) is 0 Å². The van der Waals surface area contributed by atoms with Crippen LogP contribution in [-0.4, -0.2) is 60.8 Å². The summed E-state index contributed by atoms with van der Waals surface area (Å²) in [5, 5.41) is 2.93. The van der Waals surface area contributed by atoms with Crippen molar-refractivity contribution in [3.8, 4) is 5.75 Å². The molecule has 39 heavy (non-hydrogen) atoms. The van der Waals surface area contributed by atoms with Crippen molar-refractivity contribution in [1.82, 2.24) is 15.1 Å². The molecular formula is C30H33N3O6. The van der Waals surface area contributed by atoms with E-state index in [2.05, 4.69) is 17.4 Å². The number of nitrogens with one attached hydrogen (secondary N) is 1. The predicted octanol–water partition coefficient (Wildman–Crippen LogP) is 3.45. The van der Waals surface area contributed by atoms with Crippen LogP contribution >= 0.6 is 0 Å². The molecule has 5 rings (SSSR count). The van der Waals surface area contributed by atoms with Gasteiger partial charge in [-0.3, -0.25) is 19.2 Å². The van der Waals surface area contributed by atoms with E-state index in [-0.39, 0.29) is 35.1 Å². The van der Waals surface area contributed by atoms with Crippen molar-refractivity contribution >= 4 is 28.7 Å². The minimum atomic E-state index is -0.624. The van der Waals surface area contributed by atoms with Crippen molar-refractivity contribution in [2.75, 3.05) is 33.3 Å². The van der Waals surface area contributed by atoms with E-state index in [1.165, 1.54) is 18.2 Å². The molecule has 204 valence electrons. The number of likely N-dealkylation sites (tertiary alicyclic amines) is 2. The number of hydrogen-bond donors (Lipinski definition) is 1. The van der Waals surface area contributed by atoms with Gasteiger partial charge >= 0.3 is 0 Å². The number of methoxy groups -OCH3 is 1. The van der Waals surface area contributed by atoms with E-state index < -0.39 is 5.91 Å². The summed E-state index contributed by atoms with van der Waals surface area (Å²) < 4.78 is 10.8. The molecule has 2 fully saturated rings. The van der Waals surface area contributed by atoms with Gasteiger partial charge in [0.2, 0.25) is 11.8 Å². The lowest BCUT2D eigenvalue weighted by molar-refractivity contribution is -0.134. The SMILES string of the molecule is COc1ccc2c(=O)cc(C(=O)NCC(=O)N3CCC(c4ccccc4CN4CCCCC4=O)CC3)oc2c1. The zero-order valence-corrected chi connectivity index (χ0v) is 22.1. The number of piperidine rings is 2. The average molecular weight is 532 g/mol. The first-order valence-electron chi connectivity index (χ1n) is 13.5. The number of amides is 3. The largest absolute Gasteiger partial charge is 0.497 e. The van der Waals surface area contributed by atoms with Crippen LogP contribution in [-0.2, 0) is 16.1 Å². The van der Waals surface area contributed by atoms with Crippen molar-refractivity contribution < 1.29 is 23.5 Å². The van der Waals surface area contributed by atoms with Crippen LogP contribution in [0.5, 0.6) is 5.75 Å². The summed E-state index contributed by atoms with van der Waals surface area (Å²) in [5.74, 6) is 0.0744. The van der Waals surface area contributed by atoms with Gasteiger partial charge in [0.15, 0.2) is 11.2 Å². The monoisotopic (exact) mass is 531 g/mol. The highest BCUT2D eigenvalue weighted by Crippen LogP contribution is 2.31. The van der Waals surface area contributed by atoms with Gasteiger partial charge in [0.1, 0.15) is 11.3 Å². The van der Waals surface area contributed by atoms with E-state index in [1.807, 2.05) is 17.0 Å². The van der Waals surface area contributed by atoms with Gasteiger partial charge in [0.25, 0.3) is 5.91 Å². The standard InChI is InChI=1S/C30H33N3O6/c1-38-22-9-10-24-25(34)17-27(39-26(24)16-22)30(37)31-18-29(36)32-14-11-20(12-15-32)23-7-3-2-6-21(23)19-33-13-5-4-8-28(33)35/h2-3,6-7,9-10,16-17,20H,4-5,8,11-15,18-19H2,1H3,(H,31,37). The third kappa shape index (κ3) is 5.97. The molecule has 2 aliphatic rings. The molecule has 0 aliphatic carbocycles. The summed E-state index contributed by atoms with van der Waals surface area (Å²) in [4.78, 5) is 54.0. The van der Waals surface area contributed by atoms with Crippen LogP contribution in [0.1, 0.15) is 59.7 Å². The Hall–Kier alpha value is -4.14. The maximum atomic E-state index is 12.9. The van der Waals surface area contributed by atoms with Crippen molar-refractivity contribution in [2.45, 2.75) is 44.6 Å². The average Bonchev–Trinajstić information content (AvgIpc) is 2.97. The van der Waals surface area contributed by atoms with Crippen molar-refractivity contribution in [1.29, 1.82) is 0 Å². The molecule has 0 spiro atoms. The Kier molecular flexibility index (Phi) is 7.95. The van der Waals surface area contributed by atoms with E-state index in [4.69, 9.17) is 9.15 Å². The van der Waals surface area contributed by atoms with Crippen LogP contribution in [0, 0.1) is 0 Å². The number of benzene rings is 2. The second-order valence-electron chi connectivity index (χ2n) is 10.1. The summed E-state index contributed by atoms with van der Waals surface area (Å²) in [6.45, 7) is 2.43. The number of carbonyl (C=O) groups excluding carboxylic acids is 3. The molecule has 0 radical (unpaired) electrons. The molecule has 1 N–H and O–H groups in total. The molecule has 0 saturated carbocycles. The molecule has 3 amide bonds. The van der Waals surface area contributed by atoms with Crippen LogP contribution in [0.25, 0.3) is 11.0 Å². The third-order valence-corrected chi connectivity index (χ3v) is 7.69. The molecule has 2 aliphatic heterocycles. The van der Waals surface area contributed by atoms with Crippen LogP contribution in [0.3, 0.4) is 0 Å². The first-order valence-corrected chi connectivity index (χ1v) is 13.5. The summed E-state index contributed by atoms with van der Waals surface area (Å²) in [6.07, 6.45) is 4.27. The molecular weight excluding hydrogens is 498 g/mol. The second kappa shape index (κ2) is 11.7. The lowest BCUT2D eigenvalue weighted by Crippen LogP contribution is -2.44. The first-order chi connectivity index (χ1) is 18.9. The zero-order valence-electron chi connectivity index (χ0n) is 22.1. The van der Waals surface area contributed by atoms with Crippen molar-refractivity contribution in [3.05, 3.63) is 75.6 Å². The fourth-order valence-electron chi connectivity index (χ4n) is 5.48. The van der Waals surface area contributed by atoms with Gasteiger partial charge in [-0.1, -0.05) is 24.3 Å². The van der Waals surface area contributed by atoms with Crippen LogP contribution < -0.4 is 15.5 Å². The number of carbonyl (C=O) groups is 3. The van der Waals surface area contributed by atoms with E-state index in [0.29, 0.717) is 43.1 Å². The Labute approximate surface area is 226 Å². The third-order valence-electron chi connectivity index (χ3n) is 7.69. The highest BCUT2D eigenvalue weighted by atomic mass is 16.5. The lowest BCUT2D eigenvalue weighted by Gasteiger charge is -2.34. The van der Waals surface area contributed by atoms with Gasteiger partial charge < -0.3 is 24.3 Å². The number of nitrogens with zero attached hydrogens (tertiary/aromatic N) is 2. The predicted molar refractivity (Wildman–Crippen MR) is 146 cm³/mol. The van der Waals surface area contributed by atoms with E-state index in [0.717, 1.165) is 38.3 Å². The molecule has 9 nitrogen and oxygen atoms in total. The fraction of sp³-hybridized carbons (Fsp3) is 0.400. The normalized spacial score (nSPS) is 16.4. The summed E-state index contributed by atoms with van der Waals surface area (Å²) in [5.41, 5.74) is 2.33. The topological polar surface area (TPSA) is 109 Å². The molecule has 3 aromatic rings. The Morgan fingerprint density at radius 2 is 1.82 bits per heavy atom. The maximum Gasteiger partial charge on any atom is 0.287 e. The number of ether oxygens (including phenoxy) is 1. The van der Waals surface area contributed by atoms with Gasteiger partial charge in [0.05, 0.1) is 19.0 Å². The number of rotatable bonds is 7. The quantitative estimate of drug-likeness (QED) is 0.500. The fourth-order valence-corrected chi connectivity index (χ4v) is 5.48. The van der Waals surface area contributed by atoms with E-state index in [1.54, 1.807) is 23.1 Å². The Balaban J connectivity index is 1.16. The van der Waals surface area contributed by atoms with Gasteiger partial charge in [-0.15, -0.1) is 0 Å². The summed E-state index contributed by atoms with van der Waals surface area (Å²) in [7, 11) is 1.50. The second-order valence-corrected chi connectivity index (χ2v) is 10.1. The molecule has 3 heterocycles. The van der Waals surface area contributed by atoms with Crippen molar-refractivity contribution in [2.24, 2.45) is 0 Å². The highest BCUT2D eigenvalue weighted by Gasteiger charge is 2.27. The minimum Gasteiger partial charge on any atom is -0.497 e. The van der Waals surface area contributed by atoms with Crippen LogP contribution in [0.2, 0.25) is 0 Å². The molecule has 0 bridgehead atoms. The molecule has 2 saturated heterocycles. The van der Waals surface area contributed by atoms with Crippen LogP contribution in [0.15, 0.2) is 57.7 Å². The van der Waals surface area contributed by atoms with Crippen LogP contribution in [0.4, 0.5) is 0 Å². The molecule has 0 atom stereocenters. The molecule has 1 aromatic heterocycles. The highest BCUT2D eigenvalue weighted by molar-refractivity contribution is 5.95. The van der Waals surface area contributed by atoms with Gasteiger partial charge in [-0.2, -0.15) is 0 Å². The summed E-state index contributed by atoms with van der Waals surface area (Å²) in [6, 6.07) is 14.2. The zero-order chi connectivity index (χ0) is 27.4. The Bertz CT molecular complexity index is 1440. The molecule has 0 unspecified atom stereocenters. The maximum absolute atomic E-state index is 12.9. The van der Waals surface area contributed by atoms with Gasteiger partial charge in [-0.05, 0) is 54.9 Å². The van der Waals surface area contributed by atoms with Crippen molar-refractivity contribution in [3.63, 3.8) is 0 Å². The number of fused-ring (bicyclic) bond motifs is 1. The Morgan fingerprint density at radius 3 is 2.59 bits per heavy atom. The van der Waals surface area contributed by atoms with E-state index in [9.17, 15) is 19.2 Å². The van der Waals surface area contributed by atoms with E-state index >= 15 is 0 Å². The first kappa shape index (κ1) is 26.5. The number of hydrogen-bond acceptors (Lipinski definition) is 6. The molecule has 9 heteroatoms. The van der Waals surface area contributed by atoms with Gasteiger partial charge in [0, 0.05) is 44.7 Å². The Morgan fingerprint density at radius 1 is 1.03 bits per heavy atom.